The molecule has 0 saturated carbocycles. The first kappa shape index (κ1) is 12.7. The van der Waals surface area contributed by atoms with E-state index >= 15 is 0 Å². The van der Waals surface area contributed by atoms with Crippen molar-refractivity contribution in [2.75, 3.05) is 7.11 Å². The van der Waals surface area contributed by atoms with E-state index in [1.807, 2.05) is 0 Å². The Labute approximate surface area is 90.8 Å². The van der Waals surface area contributed by atoms with Crippen LogP contribution in [0.5, 0.6) is 5.75 Å². The Morgan fingerprint density at radius 1 is 1.54 bits per heavy atom. The lowest BCUT2D eigenvalue weighted by Gasteiger charge is -2.06. The normalized spacial score (nSPS) is 9.23. The van der Waals surface area contributed by atoms with Crippen molar-refractivity contribution in [2.24, 2.45) is 5.73 Å². The van der Waals surface area contributed by atoms with Gasteiger partial charge in [-0.25, -0.2) is 4.39 Å². The zero-order chi connectivity index (χ0) is 9.14. The molecule has 1 aromatic carbocycles. The maximum absolute atomic E-state index is 13.1. The van der Waals surface area contributed by atoms with Gasteiger partial charge in [0.25, 0.3) is 0 Å². The van der Waals surface area contributed by atoms with E-state index in [1.165, 1.54) is 13.2 Å². The lowest BCUT2D eigenvalue weighted by molar-refractivity contribution is 0.383. The number of benzene rings is 1. The Morgan fingerprint density at radius 2 is 2.15 bits per heavy atom. The molecule has 13 heavy (non-hydrogen) atoms. The Bertz CT molecular complexity index is 272. The van der Waals surface area contributed by atoms with Crippen LogP contribution in [0.2, 0.25) is 0 Å². The van der Waals surface area contributed by atoms with Gasteiger partial charge in [-0.2, -0.15) is 0 Å². The Hall–Kier alpha value is -0.320. The van der Waals surface area contributed by atoms with Gasteiger partial charge in [-0.15, -0.1) is 12.4 Å². The smallest absolute Gasteiger partial charge is 0.168 e. The molecule has 1 rings (SSSR count). The Balaban J connectivity index is 0.00000144. The van der Waals surface area contributed by atoms with Gasteiger partial charge in [-0.1, -0.05) is 0 Å². The minimum absolute atomic E-state index is 0. The fourth-order valence-electron chi connectivity index (χ4n) is 0.925. The molecule has 0 bridgehead atoms. The second-order valence-corrected chi connectivity index (χ2v) is 3.15. The number of hydrogen-bond donors (Lipinski definition) is 1. The molecule has 0 radical (unpaired) electrons. The van der Waals surface area contributed by atoms with Gasteiger partial charge in [0.05, 0.1) is 11.6 Å². The number of ether oxygens (including phenoxy) is 1. The van der Waals surface area contributed by atoms with Crippen LogP contribution in [0.15, 0.2) is 16.6 Å². The molecule has 0 aliphatic carbocycles. The number of methoxy groups -OCH3 is 1. The lowest BCUT2D eigenvalue weighted by Crippen LogP contribution is -1.98. The first-order chi connectivity index (χ1) is 5.69. The van der Waals surface area contributed by atoms with Crippen LogP contribution in [0, 0.1) is 5.82 Å². The zero-order valence-electron chi connectivity index (χ0n) is 7.01. The van der Waals surface area contributed by atoms with E-state index in [2.05, 4.69) is 15.9 Å². The number of halogens is 3. The summed E-state index contributed by atoms with van der Waals surface area (Å²) < 4.78 is 18.5. The molecule has 0 spiro atoms. The minimum Gasteiger partial charge on any atom is -0.492 e. The largest absolute Gasteiger partial charge is 0.492 e. The molecule has 0 unspecified atom stereocenters. The van der Waals surface area contributed by atoms with E-state index in [9.17, 15) is 4.39 Å². The molecule has 0 aliphatic rings. The third-order valence-electron chi connectivity index (χ3n) is 1.50. The van der Waals surface area contributed by atoms with Crippen LogP contribution in [0.1, 0.15) is 5.56 Å². The second-order valence-electron chi connectivity index (χ2n) is 2.30. The van der Waals surface area contributed by atoms with Crippen LogP contribution in [0.4, 0.5) is 4.39 Å². The van der Waals surface area contributed by atoms with Gasteiger partial charge in [-0.3, -0.25) is 0 Å². The van der Waals surface area contributed by atoms with Crippen LogP contribution in [-0.2, 0) is 6.54 Å². The van der Waals surface area contributed by atoms with Crippen molar-refractivity contribution in [3.63, 3.8) is 0 Å². The molecular formula is C8H10BrClFNO. The lowest BCUT2D eigenvalue weighted by atomic mass is 10.2. The average molecular weight is 271 g/mol. The van der Waals surface area contributed by atoms with Crippen LogP contribution >= 0.6 is 28.3 Å². The maximum atomic E-state index is 13.1. The van der Waals surface area contributed by atoms with Crippen molar-refractivity contribution in [1.29, 1.82) is 0 Å². The highest BCUT2D eigenvalue weighted by Gasteiger charge is 2.08. The van der Waals surface area contributed by atoms with Gasteiger partial charge in [0, 0.05) is 6.54 Å². The average Bonchev–Trinajstić information content (AvgIpc) is 2.03. The van der Waals surface area contributed by atoms with E-state index in [1.54, 1.807) is 6.07 Å². The molecule has 2 nitrogen and oxygen atoms in total. The van der Waals surface area contributed by atoms with E-state index in [4.69, 9.17) is 10.5 Å². The monoisotopic (exact) mass is 269 g/mol. The van der Waals surface area contributed by atoms with Gasteiger partial charge in [0.2, 0.25) is 0 Å². The fraction of sp³-hybridized carbons (Fsp3) is 0.250. The third-order valence-corrected chi connectivity index (χ3v) is 2.09. The Kier molecular flexibility index (Phi) is 5.29. The van der Waals surface area contributed by atoms with E-state index in [0.717, 1.165) is 5.56 Å². The minimum atomic E-state index is -0.396. The van der Waals surface area contributed by atoms with Crippen LogP contribution in [0.25, 0.3) is 0 Å². The molecule has 2 N–H and O–H groups in total. The molecule has 0 heterocycles. The van der Waals surface area contributed by atoms with Gasteiger partial charge in [-0.05, 0) is 33.6 Å². The van der Waals surface area contributed by atoms with Crippen molar-refractivity contribution < 1.29 is 9.13 Å². The molecular weight excluding hydrogens is 260 g/mol. The van der Waals surface area contributed by atoms with Gasteiger partial charge < -0.3 is 10.5 Å². The van der Waals surface area contributed by atoms with Crippen molar-refractivity contribution in [3.8, 4) is 5.75 Å². The van der Waals surface area contributed by atoms with Gasteiger partial charge >= 0.3 is 0 Å². The predicted molar refractivity (Wildman–Crippen MR) is 55.8 cm³/mol. The summed E-state index contributed by atoms with van der Waals surface area (Å²) in [5.41, 5.74) is 6.09. The van der Waals surface area contributed by atoms with Crippen LogP contribution in [0.3, 0.4) is 0 Å². The number of hydrogen-bond acceptors (Lipinski definition) is 2. The van der Waals surface area contributed by atoms with Crippen molar-refractivity contribution in [2.45, 2.75) is 6.54 Å². The summed E-state index contributed by atoms with van der Waals surface area (Å²) in [4.78, 5) is 0. The van der Waals surface area contributed by atoms with E-state index in [0.29, 0.717) is 11.0 Å². The second kappa shape index (κ2) is 5.42. The molecule has 0 fully saturated rings. The summed E-state index contributed by atoms with van der Waals surface area (Å²) in [6.07, 6.45) is 0. The SMILES string of the molecule is COc1c(F)cc(CN)cc1Br.Cl. The number of nitrogens with two attached hydrogens (primary N) is 1. The van der Waals surface area contributed by atoms with E-state index in [-0.39, 0.29) is 18.2 Å². The first-order valence-electron chi connectivity index (χ1n) is 3.41. The quantitative estimate of drug-likeness (QED) is 0.896. The topological polar surface area (TPSA) is 35.2 Å². The summed E-state index contributed by atoms with van der Waals surface area (Å²) in [7, 11) is 1.42. The molecule has 0 amide bonds. The predicted octanol–water partition coefficient (Wildman–Crippen LogP) is 2.48. The van der Waals surface area contributed by atoms with Crippen LogP contribution < -0.4 is 10.5 Å². The van der Waals surface area contributed by atoms with Gasteiger partial charge in [0.1, 0.15) is 0 Å². The summed E-state index contributed by atoms with van der Waals surface area (Å²) in [6.45, 7) is 0.319. The molecule has 0 saturated heterocycles. The highest BCUT2D eigenvalue weighted by molar-refractivity contribution is 9.10. The summed E-state index contributed by atoms with van der Waals surface area (Å²) in [5.74, 6) is -0.181. The Morgan fingerprint density at radius 3 is 2.54 bits per heavy atom. The van der Waals surface area contributed by atoms with E-state index < -0.39 is 5.82 Å². The molecule has 1 aromatic rings. The van der Waals surface area contributed by atoms with Gasteiger partial charge in [0.15, 0.2) is 11.6 Å². The third kappa shape index (κ3) is 2.83. The standard InChI is InChI=1S/C8H9BrFNO.ClH/c1-12-8-6(9)2-5(4-11)3-7(8)10;/h2-3H,4,11H2,1H3;1H. The van der Waals surface area contributed by atoms with Crippen LogP contribution in [-0.4, -0.2) is 7.11 Å². The zero-order valence-corrected chi connectivity index (χ0v) is 9.41. The molecule has 0 aliphatic heterocycles. The highest BCUT2D eigenvalue weighted by atomic mass is 79.9. The highest BCUT2D eigenvalue weighted by Crippen LogP contribution is 2.28. The molecule has 0 atom stereocenters. The maximum Gasteiger partial charge on any atom is 0.168 e. The van der Waals surface area contributed by atoms with Crippen molar-refractivity contribution in [1.82, 2.24) is 0 Å². The summed E-state index contributed by atoms with van der Waals surface area (Å²) >= 11 is 3.18. The molecule has 0 aromatic heterocycles. The van der Waals surface area contributed by atoms with Crippen molar-refractivity contribution in [3.05, 3.63) is 28.0 Å². The molecule has 74 valence electrons. The summed E-state index contributed by atoms with van der Waals surface area (Å²) in [5, 5.41) is 0. The summed E-state index contributed by atoms with van der Waals surface area (Å²) in [6, 6.07) is 3.10. The fourth-order valence-corrected chi connectivity index (χ4v) is 1.57. The number of rotatable bonds is 2. The van der Waals surface area contributed by atoms with Crippen molar-refractivity contribution >= 4 is 28.3 Å². The first-order valence-corrected chi connectivity index (χ1v) is 4.20. The molecule has 5 heteroatoms.